The molecule has 1 N–H and O–H groups in total. The van der Waals surface area contributed by atoms with Gasteiger partial charge >= 0.3 is 0 Å². The highest BCUT2D eigenvalue weighted by Crippen LogP contribution is 2.31. The molecule has 2 aromatic carbocycles. The zero-order valence-corrected chi connectivity index (χ0v) is 19.3. The predicted octanol–water partition coefficient (Wildman–Crippen LogP) is 6.88. The summed E-state index contributed by atoms with van der Waals surface area (Å²) >= 11 is 1.66. The Bertz CT molecular complexity index is 1430. The zero-order chi connectivity index (χ0) is 23.5. The summed E-state index contributed by atoms with van der Waals surface area (Å²) in [6.07, 6.45) is 5.17. The molecule has 3 aromatic heterocycles. The van der Waals surface area contributed by atoms with Crippen molar-refractivity contribution in [1.82, 2.24) is 9.97 Å². The molecule has 0 saturated carbocycles. The Balaban J connectivity index is 1.22. The van der Waals surface area contributed by atoms with E-state index in [0.29, 0.717) is 5.82 Å². The van der Waals surface area contributed by atoms with Crippen molar-refractivity contribution in [1.29, 1.82) is 0 Å². The summed E-state index contributed by atoms with van der Waals surface area (Å²) in [6, 6.07) is 19.0. The van der Waals surface area contributed by atoms with E-state index in [4.69, 9.17) is 14.4 Å². The lowest BCUT2D eigenvalue weighted by Gasteiger charge is -2.09. The summed E-state index contributed by atoms with van der Waals surface area (Å²) < 4.78 is 5.20. The van der Waals surface area contributed by atoms with Crippen LogP contribution in [0.2, 0.25) is 0 Å². The van der Waals surface area contributed by atoms with E-state index < -0.39 is 0 Å². The van der Waals surface area contributed by atoms with Crippen LogP contribution in [0.25, 0.3) is 32.7 Å². The molecule has 0 saturated heterocycles. The summed E-state index contributed by atoms with van der Waals surface area (Å²) in [4.78, 5) is 22.1. The molecule has 34 heavy (non-hydrogen) atoms. The molecule has 0 bridgehead atoms. The minimum atomic E-state index is -0.384. The van der Waals surface area contributed by atoms with Crippen molar-refractivity contribution in [3.05, 3.63) is 93.7 Å². The number of furan rings is 1. The number of anilines is 1. The Labute approximate surface area is 200 Å². The molecule has 0 atom stereocenters. The summed E-state index contributed by atoms with van der Waals surface area (Å²) in [5.74, 6) is 1.51. The van der Waals surface area contributed by atoms with Crippen LogP contribution in [0.3, 0.4) is 0 Å². The van der Waals surface area contributed by atoms with E-state index >= 15 is 0 Å². The van der Waals surface area contributed by atoms with Crippen LogP contribution in [0.1, 0.15) is 16.9 Å². The number of rotatable bonds is 8. The molecule has 0 unspecified atom stereocenters. The number of hydrogen-bond donors (Lipinski definition) is 1. The largest absolute Gasteiger partial charge is 0.472 e. The Morgan fingerprint density at radius 2 is 1.74 bits per heavy atom. The van der Waals surface area contributed by atoms with Crippen molar-refractivity contribution in [2.24, 2.45) is 0 Å². The lowest BCUT2D eigenvalue weighted by atomic mass is 10.0. The molecule has 8 heteroatoms. The van der Waals surface area contributed by atoms with Crippen molar-refractivity contribution in [2.45, 2.75) is 19.8 Å². The molecular weight excluding hydrogens is 448 g/mol. The second kappa shape index (κ2) is 9.44. The Hall–Kier alpha value is -4.04. The van der Waals surface area contributed by atoms with Gasteiger partial charge in [-0.3, -0.25) is 10.1 Å². The number of nitrogens with zero attached hydrogens (tertiary/aromatic N) is 3. The van der Waals surface area contributed by atoms with Crippen LogP contribution in [0.15, 0.2) is 77.6 Å². The fraction of sp³-hybridized carbons (Fsp3) is 0.154. The molecular formula is C26H22N4O3S. The highest BCUT2D eigenvalue weighted by molar-refractivity contribution is 7.18. The van der Waals surface area contributed by atoms with Crippen LogP contribution in [0.5, 0.6) is 0 Å². The van der Waals surface area contributed by atoms with Crippen LogP contribution in [0, 0.1) is 17.0 Å². The quantitative estimate of drug-likeness (QED) is 0.151. The highest BCUT2D eigenvalue weighted by Gasteiger charge is 2.12. The van der Waals surface area contributed by atoms with E-state index in [2.05, 4.69) is 42.6 Å². The van der Waals surface area contributed by atoms with Crippen molar-refractivity contribution in [3.63, 3.8) is 0 Å². The monoisotopic (exact) mass is 470 g/mol. The number of thiophene rings is 1. The van der Waals surface area contributed by atoms with E-state index in [1.54, 1.807) is 36.0 Å². The molecule has 0 aliphatic carbocycles. The fourth-order valence-corrected chi connectivity index (χ4v) is 4.72. The van der Waals surface area contributed by atoms with Gasteiger partial charge in [-0.05, 0) is 60.7 Å². The second-order valence-electron chi connectivity index (χ2n) is 8.01. The number of aromatic nitrogens is 2. The third kappa shape index (κ3) is 4.67. The number of nitrogens with one attached hydrogen (secondary N) is 1. The maximum atomic E-state index is 10.8. The van der Waals surface area contributed by atoms with Crippen LogP contribution in [-0.4, -0.2) is 21.4 Å². The average molecular weight is 471 g/mol. The Kier molecular flexibility index (Phi) is 6.05. The summed E-state index contributed by atoms with van der Waals surface area (Å²) in [5, 5.41) is 15.4. The van der Waals surface area contributed by atoms with E-state index in [0.717, 1.165) is 52.1 Å². The fourth-order valence-electron chi connectivity index (χ4n) is 3.84. The lowest BCUT2D eigenvalue weighted by Crippen LogP contribution is -2.06. The van der Waals surface area contributed by atoms with E-state index in [1.165, 1.54) is 22.6 Å². The normalized spacial score (nSPS) is 11.1. The third-order valence-electron chi connectivity index (χ3n) is 5.60. The minimum Gasteiger partial charge on any atom is -0.472 e. The SMILES string of the molecule is Cc1cc2c(NCCCc3ccc(-c4ccc([N+](=O)[O-])cc4)cc3)nc(-c3ccoc3)nc2s1. The van der Waals surface area contributed by atoms with Crippen LogP contribution in [0.4, 0.5) is 11.5 Å². The van der Waals surface area contributed by atoms with Gasteiger partial charge in [-0.2, -0.15) is 0 Å². The first kappa shape index (κ1) is 21.8. The van der Waals surface area contributed by atoms with Gasteiger partial charge in [0, 0.05) is 23.6 Å². The summed E-state index contributed by atoms with van der Waals surface area (Å²) in [7, 11) is 0. The van der Waals surface area contributed by atoms with Gasteiger partial charge in [0.25, 0.3) is 5.69 Å². The van der Waals surface area contributed by atoms with Gasteiger partial charge < -0.3 is 9.73 Å². The van der Waals surface area contributed by atoms with Gasteiger partial charge in [0.2, 0.25) is 0 Å². The molecule has 5 rings (SSSR count). The molecule has 0 fully saturated rings. The van der Waals surface area contributed by atoms with Crippen LogP contribution < -0.4 is 5.32 Å². The van der Waals surface area contributed by atoms with Crippen LogP contribution >= 0.6 is 11.3 Å². The number of hydrogen-bond acceptors (Lipinski definition) is 7. The first-order valence-electron chi connectivity index (χ1n) is 11.0. The molecule has 0 spiro atoms. The first-order valence-corrected chi connectivity index (χ1v) is 11.8. The van der Waals surface area contributed by atoms with Crippen molar-refractivity contribution >= 4 is 33.1 Å². The maximum Gasteiger partial charge on any atom is 0.269 e. The lowest BCUT2D eigenvalue weighted by molar-refractivity contribution is -0.384. The van der Waals surface area contributed by atoms with Crippen molar-refractivity contribution < 1.29 is 9.34 Å². The highest BCUT2D eigenvalue weighted by atomic mass is 32.1. The van der Waals surface area contributed by atoms with Crippen molar-refractivity contribution in [2.75, 3.05) is 11.9 Å². The molecule has 170 valence electrons. The molecule has 5 aromatic rings. The third-order valence-corrected chi connectivity index (χ3v) is 6.54. The van der Waals surface area contributed by atoms with Gasteiger partial charge in [0.05, 0.1) is 22.1 Å². The topological polar surface area (TPSA) is 94.1 Å². The van der Waals surface area contributed by atoms with E-state index in [9.17, 15) is 10.1 Å². The molecule has 7 nitrogen and oxygen atoms in total. The molecule has 0 amide bonds. The molecule has 0 aliphatic rings. The smallest absolute Gasteiger partial charge is 0.269 e. The van der Waals surface area contributed by atoms with E-state index in [-0.39, 0.29) is 10.6 Å². The number of nitro groups is 1. The van der Waals surface area contributed by atoms with Gasteiger partial charge in [0.15, 0.2) is 5.82 Å². The Morgan fingerprint density at radius 3 is 2.41 bits per heavy atom. The van der Waals surface area contributed by atoms with E-state index in [1.807, 2.05) is 6.07 Å². The average Bonchev–Trinajstić information content (AvgIpc) is 3.51. The van der Waals surface area contributed by atoms with Gasteiger partial charge in [-0.15, -0.1) is 11.3 Å². The zero-order valence-electron chi connectivity index (χ0n) is 18.5. The molecule has 0 radical (unpaired) electrons. The number of fused-ring (bicyclic) bond motifs is 1. The van der Waals surface area contributed by atoms with Gasteiger partial charge in [-0.1, -0.05) is 24.3 Å². The number of aryl methyl sites for hydroxylation is 2. The second-order valence-corrected chi connectivity index (χ2v) is 9.25. The first-order chi connectivity index (χ1) is 16.6. The molecule has 0 aliphatic heterocycles. The minimum absolute atomic E-state index is 0.100. The summed E-state index contributed by atoms with van der Waals surface area (Å²) in [5.41, 5.74) is 4.21. The number of non-ortho nitro benzene ring substituents is 1. The summed E-state index contributed by atoms with van der Waals surface area (Å²) in [6.45, 7) is 2.87. The van der Waals surface area contributed by atoms with Crippen LogP contribution in [-0.2, 0) is 6.42 Å². The maximum absolute atomic E-state index is 10.8. The Morgan fingerprint density at radius 1 is 1.00 bits per heavy atom. The number of nitro benzene ring substituents is 1. The number of benzene rings is 2. The van der Waals surface area contributed by atoms with Gasteiger partial charge in [0.1, 0.15) is 16.9 Å². The van der Waals surface area contributed by atoms with Crippen molar-refractivity contribution in [3.8, 4) is 22.5 Å². The van der Waals surface area contributed by atoms with Gasteiger partial charge in [-0.25, -0.2) is 9.97 Å². The standard InChI is InChI=1S/C26H22N4O3S/c1-17-15-23-25(28-24(29-26(23)34-17)21-12-14-33-16-21)27-13-2-3-18-4-6-19(7-5-18)20-8-10-22(11-9-20)30(31)32/h4-12,14-16H,2-3,13H2,1H3,(H,27,28,29). The predicted molar refractivity (Wildman–Crippen MR) is 135 cm³/mol. The molecule has 3 heterocycles.